The fourth-order valence-corrected chi connectivity index (χ4v) is 3.72. The van der Waals surface area contributed by atoms with Gasteiger partial charge in [-0.25, -0.2) is 9.78 Å². The first kappa shape index (κ1) is 21.1. The molecule has 1 aliphatic heterocycles. The first-order chi connectivity index (χ1) is 15.3. The topological polar surface area (TPSA) is 113 Å². The molecule has 0 unspecified atom stereocenters. The van der Waals surface area contributed by atoms with Crippen LogP contribution in [0.3, 0.4) is 0 Å². The maximum atomic E-state index is 12.8. The zero-order valence-corrected chi connectivity index (χ0v) is 18.1. The lowest BCUT2D eigenvalue weighted by molar-refractivity contribution is -0.118. The molecule has 9 nitrogen and oxygen atoms in total. The fourth-order valence-electron chi connectivity index (χ4n) is 3.72. The van der Waals surface area contributed by atoms with Crippen LogP contribution in [0.25, 0.3) is 11.1 Å². The minimum Gasteiger partial charge on any atom is -0.454 e. The van der Waals surface area contributed by atoms with Gasteiger partial charge in [-0.15, -0.1) is 0 Å². The van der Waals surface area contributed by atoms with Crippen molar-refractivity contribution in [1.82, 2.24) is 10.1 Å². The van der Waals surface area contributed by atoms with Crippen molar-refractivity contribution in [3.63, 3.8) is 0 Å². The van der Waals surface area contributed by atoms with E-state index >= 15 is 0 Å². The van der Waals surface area contributed by atoms with Gasteiger partial charge in [-0.2, -0.15) is 5.26 Å². The monoisotopic (exact) mass is 431 g/mol. The number of esters is 1. The molecule has 2 aromatic heterocycles. The molecule has 0 saturated heterocycles. The number of carbonyl (C=O) groups is 2. The van der Waals surface area contributed by atoms with E-state index in [2.05, 4.69) is 10.1 Å². The summed E-state index contributed by atoms with van der Waals surface area (Å²) >= 11 is 0. The van der Waals surface area contributed by atoms with E-state index in [1.165, 1.54) is 6.20 Å². The third-order valence-corrected chi connectivity index (χ3v) is 5.33. The van der Waals surface area contributed by atoms with Crippen LogP contribution in [-0.2, 0) is 9.53 Å². The van der Waals surface area contributed by atoms with Crippen LogP contribution in [0.5, 0.6) is 0 Å². The molecule has 0 fully saturated rings. The number of pyridine rings is 1. The molecule has 0 spiro atoms. The molecule has 0 radical (unpaired) electrons. The van der Waals surface area contributed by atoms with Gasteiger partial charge in [0.2, 0.25) is 5.78 Å². The normalized spacial score (nSPS) is 12.8. The summed E-state index contributed by atoms with van der Waals surface area (Å²) in [7, 11) is 3.56. The predicted octanol–water partition coefficient (Wildman–Crippen LogP) is 3.39. The van der Waals surface area contributed by atoms with Gasteiger partial charge >= 0.3 is 5.97 Å². The van der Waals surface area contributed by atoms with E-state index in [-0.39, 0.29) is 17.1 Å². The molecule has 0 amide bonds. The van der Waals surface area contributed by atoms with Crippen LogP contribution in [0.2, 0.25) is 0 Å². The van der Waals surface area contributed by atoms with Crippen molar-refractivity contribution in [3.05, 3.63) is 59.2 Å². The molecule has 162 valence electrons. The molecule has 3 aromatic rings. The zero-order chi connectivity index (χ0) is 23.0. The molecule has 1 aliphatic rings. The number of ketones is 1. The lowest BCUT2D eigenvalue weighted by atomic mass is 10.1. The predicted molar refractivity (Wildman–Crippen MR) is 117 cm³/mol. The van der Waals surface area contributed by atoms with E-state index in [1.54, 1.807) is 30.0 Å². The van der Waals surface area contributed by atoms with Crippen LogP contribution in [0.1, 0.15) is 35.8 Å². The first-order valence-corrected chi connectivity index (χ1v) is 10.00. The van der Waals surface area contributed by atoms with Gasteiger partial charge in [0.1, 0.15) is 17.5 Å². The third kappa shape index (κ3) is 3.46. The molecule has 0 N–H and O–H groups in total. The summed E-state index contributed by atoms with van der Waals surface area (Å²) in [6.45, 7) is 3.34. The lowest BCUT2D eigenvalue weighted by Crippen LogP contribution is -2.27. The fraction of sp³-hybridized carbons (Fsp3) is 0.261. The Bertz CT molecular complexity index is 1270. The smallest absolute Gasteiger partial charge is 0.340 e. The lowest BCUT2D eigenvalue weighted by Gasteiger charge is -2.19. The number of carbonyl (C=O) groups excluding carboxylic acids is 2. The highest BCUT2D eigenvalue weighted by atomic mass is 16.5. The number of ether oxygens (including phenoxy) is 1. The van der Waals surface area contributed by atoms with Crippen LogP contribution in [0, 0.1) is 11.3 Å². The van der Waals surface area contributed by atoms with E-state index in [9.17, 15) is 14.9 Å². The van der Waals surface area contributed by atoms with E-state index in [0.717, 1.165) is 11.4 Å². The maximum Gasteiger partial charge on any atom is 0.340 e. The molecule has 0 bridgehead atoms. The summed E-state index contributed by atoms with van der Waals surface area (Å²) < 4.78 is 10.4. The minimum atomic E-state index is -0.720. The van der Waals surface area contributed by atoms with Crippen molar-refractivity contribution in [1.29, 1.82) is 5.26 Å². The van der Waals surface area contributed by atoms with E-state index in [1.807, 2.05) is 44.2 Å². The Morgan fingerprint density at radius 3 is 2.44 bits per heavy atom. The van der Waals surface area contributed by atoms with Crippen molar-refractivity contribution in [2.45, 2.75) is 19.8 Å². The molecular formula is C23H21N5O4. The van der Waals surface area contributed by atoms with E-state index in [0.29, 0.717) is 22.6 Å². The van der Waals surface area contributed by atoms with Crippen molar-refractivity contribution in [3.8, 4) is 6.07 Å². The average Bonchev–Trinajstić information content (AvgIpc) is 3.33. The van der Waals surface area contributed by atoms with Crippen LogP contribution in [0.4, 0.5) is 11.4 Å². The Kier molecular flexibility index (Phi) is 5.36. The number of nitriles is 1. The molecule has 32 heavy (non-hydrogen) atoms. The number of aromatic nitrogens is 2. The SMILES string of the molecule is CC(C)c1noc2ncc(C(=O)OCC(=O)C(C#N)=C3N(C)c4ccccc4N3C)cc12. The van der Waals surface area contributed by atoms with Crippen molar-refractivity contribution < 1.29 is 18.8 Å². The Hall–Kier alpha value is -4.19. The minimum absolute atomic E-state index is 0.0835. The van der Waals surface area contributed by atoms with Gasteiger partial charge in [0.15, 0.2) is 6.61 Å². The van der Waals surface area contributed by atoms with Crippen LogP contribution in [0.15, 0.2) is 52.4 Å². The van der Waals surface area contributed by atoms with Crippen LogP contribution < -0.4 is 9.80 Å². The van der Waals surface area contributed by atoms with Crippen molar-refractivity contribution >= 4 is 34.2 Å². The van der Waals surface area contributed by atoms with Crippen molar-refractivity contribution in [2.75, 3.05) is 30.5 Å². The summed E-state index contributed by atoms with van der Waals surface area (Å²) in [6.07, 6.45) is 1.31. The second-order valence-corrected chi connectivity index (χ2v) is 7.72. The summed E-state index contributed by atoms with van der Waals surface area (Å²) in [6, 6.07) is 11.1. The van der Waals surface area contributed by atoms with Crippen molar-refractivity contribution in [2.24, 2.45) is 0 Å². The average molecular weight is 431 g/mol. The molecule has 1 aromatic carbocycles. The second kappa shape index (κ2) is 8.15. The highest BCUT2D eigenvalue weighted by molar-refractivity contribution is 6.04. The highest BCUT2D eigenvalue weighted by Gasteiger charge is 2.31. The number of benzene rings is 1. The molecule has 3 heterocycles. The Balaban J connectivity index is 1.54. The largest absolute Gasteiger partial charge is 0.454 e. The van der Waals surface area contributed by atoms with Gasteiger partial charge in [-0.1, -0.05) is 31.1 Å². The zero-order valence-electron chi connectivity index (χ0n) is 18.1. The van der Waals surface area contributed by atoms with Gasteiger partial charge in [-0.05, 0) is 24.1 Å². The van der Waals surface area contributed by atoms with E-state index in [4.69, 9.17) is 9.26 Å². The first-order valence-electron chi connectivity index (χ1n) is 10.00. The molecule has 4 rings (SSSR count). The van der Waals surface area contributed by atoms with Crippen LogP contribution in [-0.4, -0.2) is 42.6 Å². The third-order valence-electron chi connectivity index (χ3n) is 5.33. The number of anilines is 2. The standard InChI is InChI=1S/C23H21N5O4/c1-13(2)20-15-9-14(11-25-21(15)32-26-20)23(30)31-12-19(29)16(10-24)22-27(3)17-7-5-6-8-18(17)28(22)4/h5-9,11,13H,12H2,1-4H3. The number of nitrogens with zero attached hydrogens (tertiary/aromatic N) is 5. The number of hydrogen-bond donors (Lipinski definition) is 0. The summed E-state index contributed by atoms with van der Waals surface area (Å²) in [4.78, 5) is 33.0. The number of para-hydroxylation sites is 2. The summed E-state index contributed by atoms with van der Waals surface area (Å²) in [5.41, 5.74) is 2.83. The molecule has 0 aliphatic carbocycles. The Labute approximate surface area is 184 Å². The quantitative estimate of drug-likeness (QED) is 0.341. The number of fused-ring (bicyclic) bond motifs is 2. The van der Waals surface area contributed by atoms with Gasteiger partial charge in [0.05, 0.1) is 28.0 Å². The number of rotatable bonds is 5. The van der Waals surface area contributed by atoms with Gasteiger partial charge in [0, 0.05) is 20.3 Å². The molecule has 0 saturated carbocycles. The van der Waals surface area contributed by atoms with Gasteiger partial charge in [0.25, 0.3) is 5.71 Å². The maximum absolute atomic E-state index is 12.8. The number of Topliss-reactive ketones (excluding diaryl/α,β-unsaturated/α-hetero) is 1. The van der Waals surface area contributed by atoms with Gasteiger partial charge in [-0.3, -0.25) is 4.79 Å². The Morgan fingerprint density at radius 2 is 1.84 bits per heavy atom. The summed E-state index contributed by atoms with van der Waals surface area (Å²) in [5, 5.41) is 14.3. The molecular weight excluding hydrogens is 410 g/mol. The molecule has 9 heteroatoms. The summed E-state index contributed by atoms with van der Waals surface area (Å²) in [5.74, 6) is -0.796. The molecule has 0 atom stereocenters. The highest BCUT2D eigenvalue weighted by Crippen LogP contribution is 2.40. The second-order valence-electron chi connectivity index (χ2n) is 7.72. The Morgan fingerprint density at radius 1 is 1.19 bits per heavy atom. The number of hydrogen-bond acceptors (Lipinski definition) is 9. The van der Waals surface area contributed by atoms with E-state index < -0.39 is 18.4 Å². The van der Waals surface area contributed by atoms with Crippen LogP contribution >= 0.6 is 0 Å². The van der Waals surface area contributed by atoms with Gasteiger partial charge < -0.3 is 19.1 Å².